The minimum absolute atomic E-state index is 0.135. The SMILES string of the molecule is COC(=O)C(C)Oc1ccc(C[C@@H](C)N)cc1. The van der Waals surface area contributed by atoms with Crippen LogP contribution in [0.3, 0.4) is 0 Å². The number of hydrogen-bond donors (Lipinski definition) is 1. The van der Waals surface area contributed by atoms with Gasteiger partial charge < -0.3 is 15.2 Å². The monoisotopic (exact) mass is 237 g/mol. The van der Waals surface area contributed by atoms with Crippen molar-refractivity contribution in [2.75, 3.05) is 7.11 Å². The van der Waals surface area contributed by atoms with Crippen LogP contribution < -0.4 is 10.5 Å². The van der Waals surface area contributed by atoms with Crippen molar-refractivity contribution in [1.82, 2.24) is 0 Å². The molecule has 0 spiro atoms. The van der Waals surface area contributed by atoms with Gasteiger partial charge in [0.15, 0.2) is 6.10 Å². The Morgan fingerprint density at radius 2 is 1.88 bits per heavy atom. The summed E-state index contributed by atoms with van der Waals surface area (Å²) in [5.41, 5.74) is 6.86. The molecule has 2 atom stereocenters. The fraction of sp³-hybridized carbons (Fsp3) is 0.462. The highest BCUT2D eigenvalue weighted by atomic mass is 16.6. The minimum atomic E-state index is -0.598. The van der Waals surface area contributed by atoms with E-state index in [4.69, 9.17) is 10.5 Å². The molecular weight excluding hydrogens is 218 g/mol. The van der Waals surface area contributed by atoms with Gasteiger partial charge in [-0.05, 0) is 38.0 Å². The molecule has 4 nitrogen and oxygen atoms in total. The molecule has 0 amide bonds. The number of esters is 1. The molecular formula is C13H19NO3. The number of benzene rings is 1. The van der Waals surface area contributed by atoms with Crippen LogP contribution in [0.1, 0.15) is 19.4 Å². The van der Waals surface area contributed by atoms with Crippen LogP contribution in [0.15, 0.2) is 24.3 Å². The smallest absolute Gasteiger partial charge is 0.346 e. The van der Waals surface area contributed by atoms with Crippen molar-refractivity contribution in [2.24, 2.45) is 5.73 Å². The van der Waals surface area contributed by atoms with Crippen molar-refractivity contribution in [3.63, 3.8) is 0 Å². The average Bonchev–Trinajstić information content (AvgIpc) is 2.30. The summed E-state index contributed by atoms with van der Waals surface area (Å²) in [6.45, 7) is 3.62. The van der Waals surface area contributed by atoms with Gasteiger partial charge in [-0.25, -0.2) is 4.79 Å². The quantitative estimate of drug-likeness (QED) is 0.789. The van der Waals surface area contributed by atoms with E-state index in [0.29, 0.717) is 5.75 Å². The molecule has 0 bridgehead atoms. The number of rotatable bonds is 5. The van der Waals surface area contributed by atoms with E-state index < -0.39 is 6.10 Å². The van der Waals surface area contributed by atoms with E-state index in [0.717, 1.165) is 12.0 Å². The summed E-state index contributed by atoms with van der Waals surface area (Å²) in [6.07, 6.45) is 0.228. The third kappa shape index (κ3) is 4.44. The molecule has 94 valence electrons. The highest BCUT2D eigenvalue weighted by Crippen LogP contribution is 2.15. The van der Waals surface area contributed by atoms with Gasteiger partial charge in [0.25, 0.3) is 0 Å². The van der Waals surface area contributed by atoms with E-state index >= 15 is 0 Å². The maximum Gasteiger partial charge on any atom is 0.346 e. The fourth-order valence-electron chi connectivity index (χ4n) is 1.49. The Bertz CT molecular complexity index is 359. The Hall–Kier alpha value is -1.55. The van der Waals surface area contributed by atoms with Gasteiger partial charge in [-0.3, -0.25) is 0 Å². The zero-order valence-corrected chi connectivity index (χ0v) is 10.5. The Morgan fingerprint density at radius 3 is 2.35 bits per heavy atom. The summed E-state index contributed by atoms with van der Waals surface area (Å²) < 4.78 is 10.0. The molecule has 0 fully saturated rings. The second kappa shape index (κ2) is 6.25. The van der Waals surface area contributed by atoms with Gasteiger partial charge in [-0.15, -0.1) is 0 Å². The van der Waals surface area contributed by atoms with Crippen molar-refractivity contribution in [3.8, 4) is 5.75 Å². The van der Waals surface area contributed by atoms with Crippen LogP contribution in [0.25, 0.3) is 0 Å². The van der Waals surface area contributed by atoms with Crippen LogP contribution in [-0.4, -0.2) is 25.2 Å². The molecule has 1 unspecified atom stereocenters. The van der Waals surface area contributed by atoms with Crippen molar-refractivity contribution < 1.29 is 14.3 Å². The first kappa shape index (κ1) is 13.5. The summed E-state index contributed by atoms with van der Waals surface area (Å²) in [6, 6.07) is 7.69. The van der Waals surface area contributed by atoms with Gasteiger partial charge in [0.05, 0.1) is 7.11 Å². The second-order valence-corrected chi connectivity index (χ2v) is 4.11. The predicted octanol–water partition coefficient (Wildman–Crippen LogP) is 1.52. The molecule has 2 N–H and O–H groups in total. The number of carbonyl (C=O) groups excluding carboxylic acids is 1. The van der Waals surface area contributed by atoms with Gasteiger partial charge in [0, 0.05) is 6.04 Å². The molecule has 0 aliphatic carbocycles. The summed E-state index contributed by atoms with van der Waals surface area (Å²) in [4.78, 5) is 11.2. The zero-order chi connectivity index (χ0) is 12.8. The van der Waals surface area contributed by atoms with Crippen LogP contribution in [0.5, 0.6) is 5.75 Å². The predicted molar refractivity (Wildman–Crippen MR) is 65.9 cm³/mol. The molecule has 0 saturated heterocycles. The Balaban J connectivity index is 2.59. The highest BCUT2D eigenvalue weighted by Gasteiger charge is 2.14. The van der Waals surface area contributed by atoms with E-state index in [1.165, 1.54) is 7.11 Å². The number of carbonyl (C=O) groups is 1. The van der Waals surface area contributed by atoms with E-state index in [-0.39, 0.29) is 12.0 Å². The first-order valence-corrected chi connectivity index (χ1v) is 5.62. The molecule has 1 aromatic rings. The van der Waals surface area contributed by atoms with Crippen LogP contribution in [0.2, 0.25) is 0 Å². The topological polar surface area (TPSA) is 61.5 Å². The number of methoxy groups -OCH3 is 1. The first-order valence-electron chi connectivity index (χ1n) is 5.62. The number of ether oxygens (including phenoxy) is 2. The van der Waals surface area contributed by atoms with Crippen LogP contribution in [0, 0.1) is 0 Å². The Kier molecular flexibility index (Phi) is 4.97. The highest BCUT2D eigenvalue weighted by molar-refractivity contribution is 5.74. The molecule has 0 aromatic heterocycles. The second-order valence-electron chi connectivity index (χ2n) is 4.11. The van der Waals surface area contributed by atoms with Crippen molar-refractivity contribution in [1.29, 1.82) is 0 Å². The molecule has 0 aliphatic heterocycles. The summed E-state index contributed by atoms with van der Waals surface area (Å²) in [7, 11) is 1.34. The maximum absolute atomic E-state index is 11.2. The fourth-order valence-corrected chi connectivity index (χ4v) is 1.49. The lowest BCUT2D eigenvalue weighted by Crippen LogP contribution is -2.24. The van der Waals surface area contributed by atoms with E-state index in [9.17, 15) is 4.79 Å². The van der Waals surface area contributed by atoms with Crippen molar-refractivity contribution in [2.45, 2.75) is 32.4 Å². The maximum atomic E-state index is 11.2. The van der Waals surface area contributed by atoms with E-state index in [1.54, 1.807) is 6.92 Å². The lowest BCUT2D eigenvalue weighted by molar-refractivity contribution is -0.147. The summed E-state index contributed by atoms with van der Waals surface area (Å²) in [5.74, 6) is 0.265. The largest absolute Gasteiger partial charge is 0.479 e. The number of hydrogen-bond acceptors (Lipinski definition) is 4. The first-order chi connectivity index (χ1) is 8.02. The van der Waals surface area contributed by atoms with Crippen LogP contribution in [-0.2, 0) is 16.0 Å². The summed E-state index contributed by atoms with van der Waals surface area (Å²) in [5, 5.41) is 0. The van der Waals surface area contributed by atoms with Crippen molar-refractivity contribution >= 4 is 5.97 Å². The molecule has 17 heavy (non-hydrogen) atoms. The van der Waals surface area contributed by atoms with E-state index in [2.05, 4.69) is 4.74 Å². The lowest BCUT2D eigenvalue weighted by atomic mass is 10.1. The molecule has 0 aliphatic rings. The molecule has 1 aromatic carbocycles. The minimum Gasteiger partial charge on any atom is -0.479 e. The molecule has 1 rings (SSSR count). The van der Waals surface area contributed by atoms with Crippen molar-refractivity contribution in [3.05, 3.63) is 29.8 Å². The molecule has 0 saturated carbocycles. The lowest BCUT2D eigenvalue weighted by Gasteiger charge is -2.13. The third-order valence-electron chi connectivity index (χ3n) is 2.33. The average molecular weight is 237 g/mol. The van der Waals surface area contributed by atoms with Crippen LogP contribution in [0.4, 0.5) is 0 Å². The van der Waals surface area contributed by atoms with Gasteiger partial charge in [0.1, 0.15) is 5.75 Å². The van der Waals surface area contributed by atoms with Gasteiger partial charge in [0.2, 0.25) is 0 Å². The van der Waals surface area contributed by atoms with Gasteiger partial charge in [-0.2, -0.15) is 0 Å². The standard InChI is InChI=1S/C13H19NO3/c1-9(14)8-11-4-6-12(7-5-11)17-10(2)13(15)16-3/h4-7,9-10H,8,14H2,1-3H3/t9-,10?/m1/s1. The molecule has 0 radical (unpaired) electrons. The third-order valence-corrected chi connectivity index (χ3v) is 2.33. The Morgan fingerprint density at radius 1 is 1.29 bits per heavy atom. The van der Waals surface area contributed by atoms with Crippen LogP contribution >= 0.6 is 0 Å². The van der Waals surface area contributed by atoms with Gasteiger partial charge >= 0.3 is 5.97 Å². The van der Waals surface area contributed by atoms with E-state index in [1.807, 2.05) is 31.2 Å². The van der Waals surface area contributed by atoms with Gasteiger partial charge in [-0.1, -0.05) is 12.1 Å². The summed E-state index contributed by atoms with van der Waals surface area (Å²) >= 11 is 0. The number of nitrogens with two attached hydrogens (primary N) is 1. The molecule has 4 heteroatoms. The Labute approximate surface area is 102 Å². The zero-order valence-electron chi connectivity index (χ0n) is 10.5. The molecule has 0 heterocycles. The normalized spacial score (nSPS) is 13.9.